The summed E-state index contributed by atoms with van der Waals surface area (Å²) < 4.78 is 0. The molecule has 2 aliphatic rings. The number of amides is 2. The van der Waals surface area contributed by atoms with Crippen molar-refractivity contribution in [1.29, 1.82) is 0 Å². The number of carbonyl (C=O) groups excluding carboxylic acids is 2. The van der Waals surface area contributed by atoms with Gasteiger partial charge in [-0.25, -0.2) is 0 Å². The zero-order valence-corrected chi connectivity index (χ0v) is 22.2. The number of benzene rings is 4. The summed E-state index contributed by atoms with van der Waals surface area (Å²) in [4.78, 5) is 23.8. The molecule has 4 aromatic carbocycles. The highest BCUT2D eigenvalue weighted by Crippen LogP contribution is 2.32. The molecule has 0 saturated carbocycles. The monoisotopic (exact) mass is 546 g/mol. The third-order valence-electron chi connectivity index (χ3n) is 6.68. The van der Waals surface area contributed by atoms with E-state index in [4.69, 9.17) is 10.2 Å². The zero-order valence-electron chi connectivity index (χ0n) is 22.2. The molecule has 2 heterocycles. The van der Waals surface area contributed by atoms with Crippen LogP contribution in [0.15, 0.2) is 109 Å². The van der Waals surface area contributed by atoms with Crippen LogP contribution in [0.25, 0.3) is 11.1 Å². The molecule has 6 N–H and O–H groups in total. The van der Waals surface area contributed by atoms with Crippen molar-refractivity contribution in [3.8, 4) is 0 Å². The lowest BCUT2D eigenvalue weighted by atomic mass is 10.1. The molecule has 0 spiro atoms. The van der Waals surface area contributed by atoms with Gasteiger partial charge in [0.2, 0.25) is 0 Å². The topological polar surface area (TPSA) is 123 Å². The lowest BCUT2D eigenvalue weighted by Crippen LogP contribution is -2.05. The van der Waals surface area contributed by atoms with E-state index in [1.165, 1.54) is 0 Å². The maximum Gasteiger partial charge on any atom is 0.257 e. The standard InChI is InChI=1S/C17H16N2O2.C16H14N2O2/c20-10-9-12-5-7-13(8-6-12)18-11-15-14-3-1-2-4-16(14)19-17(15)21;19-10-11-5-7-12(8-6-11)17-9-14-13-3-1-2-4-15(13)18-16(14)20/h1-8,11,18,20H,9-10H2,(H,19,21);1-9,17,19H,10H2,(H,18,20)/b15-11-;14-9+. The van der Waals surface area contributed by atoms with Gasteiger partial charge >= 0.3 is 0 Å². The first-order valence-corrected chi connectivity index (χ1v) is 13.2. The second-order valence-electron chi connectivity index (χ2n) is 9.43. The van der Waals surface area contributed by atoms with Crippen LogP contribution < -0.4 is 21.3 Å². The Morgan fingerprint density at radius 2 is 1.02 bits per heavy atom. The third kappa shape index (κ3) is 6.52. The van der Waals surface area contributed by atoms with Crippen molar-refractivity contribution >= 4 is 45.7 Å². The van der Waals surface area contributed by atoms with Crippen molar-refractivity contribution in [2.75, 3.05) is 27.9 Å². The van der Waals surface area contributed by atoms with Crippen LogP contribution in [0.4, 0.5) is 22.7 Å². The van der Waals surface area contributed by atoms with E-state index in [0.717, 1.165) is 45.0 Å². The van der Waals surface area contributed by atoms with Gasteiger partial charge in [-0.05, 0) is 53.9 Å². The molecule has 0 saturated heterocycles. The van der Waals surface area contributed by atoms with Crippen LogP contribution in [0.1, 0.15) is 22.3 Å². The van der Waals surface area contributed by atoms with Crippen molar-refractivity contribution in [2.24, 2.45) is 0 Å². The Morgan fingerprint density at radius 1 is 0.585 bits per heavy atom. The average molecular weight is 547 g/mol. The van der Waals surface area contributed by atoms with E-state index in [2.05, 4.69) is 21.3 Å². The number of nitrogens with one attached hydrogen (secondary N) is 4. The maximum atomic E-state index is 11.9. The molecule has 206 valence electrons. The summed E-state index contributed by atoms with van der Waals surface area (Å²) in [5.41, 5.74) is 8.44. The van der Waals surface area contributed by atoms with Crippen molar-refractivity contribution in [3.63, 3.8) is 0 Å². The van der Waals surface area contributed by atoms with Crippen molar-refractivity contribution < 1.29 is 19.8 Å². The molecule has 0 aromatic heterocycles. The average Bonchev–Trinajstić information content (AvgIpc) is 3.50. The van der Waals surface area contributed by atoms with Crippen LogP contribution in [-0.4, -0.2) is 28.6 Å². The fourth-order valence-corrected chi connectivity index (χ4v) is 4.48. The smallest absolute Gasteiger partial charge is 0.257 e. The van der Waals surface area contributed by atoms with E-state index in [1.54, 1.807) is 12.4 Å². The highest BCUT2D eigenvalue weighted by molar-refractivity contribution is 6.32. The highest BCUT2D eigenvalue weighted by Gasteiger charge is 2.24. The summed E-state index contributed by atoms with van der Waals surface area (Å²) in [5.74, 6) is -0.203. The quantitative estimate of drug-likeness (QED) is 0.177. The minimum atomic E-state index is -0.106. The molecule has 4 aromatic rings. The third-order valence-corrected chi connectivity index (χ3v) is 6.68. The molecule has 0 atom stereocenters. The number of hydrogen-bond donors (Lipinski definition) is 6. The van der Waals surface area contributed by atoms with Gasteiger partial charge in [-0.2, -0.15) is 0 Å². The van der Waals surface area contributed by atoms with Crippen molar-refractivity contribution in [1.82, 2.24) is 0 Å². The second kappa shape index (κ2) is 12.8. The van der Waals surface area contributed by atoms with E-state index in [9.17, 15) is 9.59 Å². The van der Waals surface area contributed by atoms with Gasteiger partial charge in [-0.3, -0.25) is 9.59 Å². The Balaban J connectivity index is 0.000000165. The van der Waals surface area contributed by atoms with Gasteiger partial charge < -0.3 is 31.5 Å². The number of aliphatic hydroxyl groups excluding tert-OH is 2. The SMILES string of the molecule is O=C1Nc2ccccc2/C1=C/Nc1ccc(CCO)cc1.O=C1Nc2ccccc2/C1=C\Nc1ccc(CO)cc1. The number of carbonyl (C=O) groups is 2. The number of hydrogen-bond acceptors (Lipinski definition) is 6. The fraction of sp³-hybridized carbons (Fsp3) is 0.0909. The van der Waals surface area contributed by atoms with Crippen LogP contribution in [0.2, 0.25) is 0 Å². The summed E-state index contributed by atoms with van der Waals surface area (Å²) in [6, 6.07) is 30.4. The van der Waals surface area contributed by atoms with Gasteiger partial charge in [-0.1, -0.05) is 60.7 Å². The Hall–Kier alpha value is -5.18. The Kier molecular flexibility index (Phi) is 8.54. The number of aliphatic hydroxyl groups is 2. The number of anilines is 4. The molecule has 0 fully saturated rings. The minimum absolute atomic E-state index is 0.0250. The van der Waals surface area contributed by atoms with Crippen LogP contribution in [0, 0.1) is 0 Å². The van der Waals surface area contributed by atoms with Crippen molar-refractivity contribution in [2.45, 2.75) is 13.0 Å². The number of rotatable bonds is 7. The lowest BCUT2D eigenvalue weighted by Gasteiger charge is -2.04. The van der Waals surface area contributed by atoms with E-state index in [-0.39, 0.29) is 25.0 Å². The largest absolute Gasteiger partial charge is 0.396 e. The normalized spacial score (nSPS) is 15.0. The molecular weight excluding hydrogens is 516 g/mol. The molecular formula is C33H30N4O4. The molecule has 2 aliphatic heterocycles. The van der Waals surface area contributed by atoms with Crippen LogP contribution in [0.3, 0.4) is 0 Å². The van der Waals surface area contributed by atoms with Gasteiger partial charge in [0.1, 0.15) is 0 Å². The minimum Gasteiger partial charge on any atom is -0.396 e. The van der Waals surface area contributed by atoms with Crippen LogP contribution >= 0.6 is 0 Å². The Morgan fingerprint density at radius 3 is 1.46 bits per heavy atom. The number of fused-ring (bicyclic) bond motifs is 2. The first kappa shape index (κ1) is 27.4. The molecule has 2 amide bonds. The van der Waals surface area contributed by atoms with Gasteiger partial charge in [-0.15, -0.1) is 0 Å². The van der Waals surface area contributed by atoms with E-state index >= 15 is 0 Å². The van der Waals surface area contributed by atoms with E-state index in [0.29, 0.717) is 17.6 Å². The molecule has 0 bridgehead atoms. The Labute approximate surface area is 238 Å². The second-order valence-corrected chi connectivity index (χ2v) is 9.43. The van der Waals surface area contributed by atoms with Crippen LogP contribution in [-0.2, 0) is 22.6 Å². The summed E-state index contributed by atoms with van der Waals surface area (Å²) in [5, 5.41) is 29.8. The predicted octanol–water partition coefficient (Wildman–Crippen LogP) is 5.21. The maximum absolute atomic E-state index is 11.9. The van der Waals surface area contributed by atoms with Crippen molar-refractivity contribution in [3.05, 3.63) is 132 Å². The summed E-state index contributed by atoms with van der Waals surface area (Å²) in [6.45, 7) is 0.172. The summed E-state index contributed by atoms with van der Waals surface area (Å²) in [7, 11) is 0. The predicted molar refractivity (Wildman–Crippen MR) is 163 cm³/mol. The molecule has 0 unspecified atom stereocenters. The lowest BCUT2D eigenvalue weighted by molar-refractivity contribution is -0.111. The highest BCUT2D eigenvalue weighted by atomic mass is 16.3. The fourth-order valence-electron chi connectivity index (χ4n) is 4.48. The summed E-state index contributed by atoms with van der Waals surface area (Å²) in [6.07, 6.45) is 4.08. The number of para-hydroxylation sites is 2. The molecule has 8 nitrogen and oxygen atoms in total. The summed E-state index contributed by atoms with van der Waals surface area (Å²) >= 11 is 0. The molecule has 0 radical (unpaired) electrons. The first-order valence-electron chi connectivity index (χ1n) is 13.2. The zero-order chi connectivity index (χ0) is 28.6. The van der Waals surface area contributed by atoms with E-state index < -0.39 is 0 Å². The van der Waals surface area contributed by atoms with Gasteiger partial charge in [0.15, 0.2) is 0 Å². The molecule has 41 heavy (non-hydrogen) atoms. The first-order chi connectivity index (χ1) is 20.1. The van der Waals surface area contributed by atoms with Crippen LogP contribution in [0.5, 0.6) is 0 Å². The van der Waals surface area contributed by atoms with E-state index in [1.807, 2.05) is 97.1 Å². The molecule has 0 aliphatic carbocycles. The molecule has 6 rings (SSSR count). The van der Waals surface area contributed by atoms with Gasteiger partial charge in [0.05, 0.1) is 17.8 Å². The molecule has 8 heteroatoms. The van der Waals surface area contributed by atoms with Gasteiger partial charge in [0.25, 0.3) is 11.8 Å². The Bertz CT molecular complexity index is 1610. The van der Waals surface area contributed by atoms with Gasteiger partial charge in [0, 0.05) is 52.9 Å².